The van der Waals surface area contributed by atoms with Crippen molar-refractivity contribution in [3.63, 3.8) is 0 Å². The molecule has 0 spiro atoms. The van der Waals surface area contributed by atoms with E-state index in [9.17, 15) is 9.59 Å². The molecule has 1 aliphatic heterocycles. The summed E-state index contributed by atoms with van der Waals surface area (Å²) in [7, 11) is 0. The highest BCUT2D eigenvalue weighted by atomic mass is 79.9. The fourth-order valence-corrected chi connectivity index (χ4v) is 4.96. The molecule has 6 rings (SSSR count). The normalized spacial score (nSPS) is 12.0. The van der Waals surface area contributed by atoms with Crippen LogP contribution in [0.3, 0.4) is 0 Å². The molecule has 8 heteroatoms. The van der Waals surface area contributed by atoms with E-state index in [1.54, 1.807) is 30.6 Å². The summed E-state index contributed by atoms with van der Waals surface area (Å²) < 4.78 is 19.0. The number of ether oxygens (including phenoxy) is 3. The maximum absolute atomic E-state index is 13.9. The third kappa shape index (κ3) is 4.54. The molecule has 2 aromatic heterocycles. The van der Waals surface area contributed by atoms with Crippen LogP contribution in [0.15, 0.2) is 101 Å². The highest BCUT2D eigenvalue weighted by Crippen LogP contribution is 2.35. The Morgan fingerprint density at radius 3 is 2.58 bits per heavy atom. The molecule has 0 amide bonds. The van der Waals surface area contributed by atoms with Crippen molar-refractivity contribution in [1.82, 2.24) is 9.55 Å². The first kappa shape index (κ1) is 23.9. The number of halogens is 1. The number of fused-ring (bicyclic) bond motifs is 2. The van der Waals surface area contributed by atoms with Crippen molar-refractivity contribution in [3.05, 3.63) is 123 Å². The zero-order chi connectivity index (χ0) is 26.1. The zero-order valence-electron chi connectivity index (χ0n) is 20.1. The van der Waals surface area contributed by atoms with Crippen LogP contribution in [0.2, 0.25) is 0 Å². The first-order valence-corrected chi connectivity index (χ1v) is 12.7. The lowest BCUT2D eigenvalue weighted by Crippen LogP contribution is -2.29. The second-order valence-corrected chi connectivity index (χ2v) is 9.71. The van der Waals surface area contributed by atoms with Gasteiger partial charge in [0.1, 0.15) is 12.3 Å². The van der Waals surface area contributed by atoms with Crippen molar-refractivity contribution in [2.45, 2.75) is 13.2 Å². The van der Waals surface area contributed by atoms with Gasteiger partial charge in [-0.2, -0.15) is 0 Å². The van der Waals surface area contributed by atoms with Crippen LogP contribution in [0.4, 0.5) is 0 Å². The van der Waals surface area contributed by atoms with Crippen molar-refractivity contribution in [1.29, 1.82) is 0 Å². The molecule has 0 N–H and O–H groups in total. The molecule has 3 aromatic carbocycles. The van der Waals surface area contributed by atoms with Crippen LogP contribution in [0.25, 0.3) is 21.9 Å². The molecule has 0 atom stereocenters. The molecule has 7 nitrogen and oxygen atoms in total. The van der Waals surface area contributed by atoms with Gasteiger partial charge in [-0.1, -0.05) is 58.4 Å². The minimum Gasteiger partial charge on any atom is -0.456 e. The summed E-state index contributed by atoms with van der Waals surface area (Å²) >= 11 is 3.53. The lowest BCUT2D eigenvalue weighted by atomic mass is 9.96. The van der Waals surface area contributed by atoms with E-state index in [4.69, 9.17) is 14.2 Å². The Morgan fingerprint density at radius 1 is 0.921 bits per heavy atom. The average molecular weight is 569 g/mol. The van der Waals surface area contributed by atoms with Crippen LogP contribution in [0, 0.1) is 0 Å². The van der Waals surface area contributed by atoms with Gasteiger partial charge in [-0.25, -0.2) is 4.79 Å². The van der Waals surface area contributed by atoms with Gasteiger partial charge in [0, 0.05) is 33.4 Å². The number of hydrogen-bond acceptors (Lipinski definition) is 6. The van der Waals surface area contributed by atoms with Crippen LogP contribution in [-0.2, 0) is 17.9 Å². The second kappa shape index (κ2) is 10.1. The van der Waals surface area contributed by atoms with Crippen LogP contribution >= 0.6 is 15.9 Å². The first-order chi connectivity index (χ1) is 18.6. The second-order valence-electron chi connectivity index (χ2n) is 8.80. The fourth-order valence-electron chi connectivity index (χ4n) is 4.60. The van der Waals surface area contributed by atoms with Crippen LogP contribution in [0.5, 0.6) is 11.5 Å². The summed E-state index contributed by atoms with van der Waals surface area (Å²) in [5, 5.41) is 1.16. The molecule has 0 bridgehead atoms. The van der Waals surface area contributed by atoms with E-state index in [0.717, 1.165) is 21.2 Å². The number of nitrogens with zero attached hydrogens (tertiary/aromatic N) is 2. The average Bonchev–Trinajstić information content (AvgIpc) is 3.42. The highest BCUT2D eigenvalue weighted by Gasteiger charge is 2.25. The maximum Gasteiger partial charge on any atom is 0.356 e. The van der Waals surface area contributed by atoms with Crippen LogP contribution in [0.1, 0.15) is 21.6 Å². The molecule has 188 valence electrons. The van der Waals surface area contributed by atoms with Gasteiger partial charge in [0.25, 0.3) is 5.56 Å². The minimum atomic E-state index is -0.604. The smallest absolute Gasteiger partial charge is 0.356 e. The summed E-state index contributed by atoms with van der Waals surface area (Å²) in [6.07, 6.45) is 3.30. The van der Waals surface area contributed by atoms with Gasteiger partial charge in [-0.3, -0.25) is 14.3 Å². The molecule has 0 unspecified atom stereocenters. The molecule has 0 fully saturated rings. The summed E-state index contributed by atoms with van der Waals surface area (Å²) in [6, 6.07) is 24.1. The van der Waals surface area contributed by atoms with Gasteiger partial charge in [-0.05, 0) is 52.9 Å². The van der Waals surface area contributed by atoms with Crippen LogP contribution in [-0.4, -0.2) is 22.3 Å². The monoisotopic (exact) mass is 568 g/mol. The van der Waals surface area contributed by atoms with Crippen molar-refractivity contribution in [3.8, 4) is 22.6 Å². The van der Waals surface area contributed by atoms with Crippen LogP contribution < -0.4 is 15.0 Å². The van der Waals surface area contributed by atoms with E-state index >= 15 is 0 Å². The Balaban J connectivity index is 1.56. The number of benzene rings is 3. The predicted octanol–water partition coefficient (Wildman–Crippen LogP) is 5.96. The third-order valence-electron chi connectivity index (χ3n) is 6.36. The number of pyridine rings is 2. The Hall–Kier alpha value is -4.43. The van der Waals surface area contributed by atoms with E-state index in [0.29, 0.717) is 27.8 Å². The van der Waals surface area contributed by atoms with Crippen molar-refractivity contribution >= 4 is 32.7 Å². The fraction of sp³-hybridized carbons (Fsp3) is 0.100. The number of rotatable bonds is 6. The Morgan fingerprint density at radius 2 is 1.76 bits per heavy atom. The molecule has 5 aromatic rings. The minimum absolute atomic E-state index is 0.0235. The zero-order valence-corrected chi connectivity index (χ0v) is 21.7. The lowest BCUT2D eigenvalue weighted by Gasteiger charge is -2.20. The number of esters is 1. The van der Waals surface area contributed by atoms with Crippen molar-refractivity contribution in [2.75, 3.05) is 6.79 Å². The summed E-state index contributed by atoms with van der Waals surface area (Å²) in [5.41, 5.74) is 2.83. The molecule has 1 aliphatic rings. The van der Waals surface area contributed by atoms with Gasteiger partial charge in [-0.15, -0.1) is 0 Å². The van der Waals surface area contributed by atoms with E-state index in [1.807, 2.05) is 60.7 Å². The first-order valence-electron chi connectivity index (χ1n) is 11.9. The van der Waals surface area contributed by atoms with E-state index < -0.39 is 5.97 Å². The molecule has 0 saturated carbocycles. The lowest BCUT2D eigenvalue weighted by molar-refractivity contribution is 0.0460. The van der Waals surface area contributed by atoms with Gasteiger partial charge in [0.15, 0.2) is 11.5 Å². The van der Waals surface area contributed by atoms with Gasteiger partial charge < -0.3 is 14.2 Å². The summed E-state index contributed by atoms with van der Waals surface area (Å²) in [5.74, 6) is 0.641. The largest absolute Gasteiger partial charge is 0.456 e. The third-order valence-corrected chi connectivity index (χ3v) is 6.85. The molecular weight excluding hydrogens is 548 g/mol. The number of aromatic nitrogens is 2. The number of hydrogen-bond donors (Lipinski definition) is 0. The SMILES string of the molecule is O=C(OCc1cccnc1)c1c(-c2ccccc2)c2cc(Br)ccc2c(=O)n1Cc1ccc2c(c1)OCO2. The Labute approximate surface area is 226 Å². The number of carbonyl (C=O) groups excluding carboxylic acids is 1. The van der Waals surface area contributed by atoms with Gasteiger partial charge in [0.05, 0.1) is 6.54 Å². The van der Waals surface area contributed by atoms with E-state index in [1.165, 1.54) is 4.57 Å². The summed E-state index contributed by atoms with van der Waals surface area (Å²) in [6.45, 7) is 0.307. The molecule has 3 heterocycles. The Bertz CT molecular complexity index is 1720. The molecule has 0 radical (unpaired) electrons. The molecular formula is C30H21BrN2O5. The van der Waals surface area contributed by atoms with Crippen molar-refractivity contribution in [2.24, 2.45) is 0 Å². The van der Waals surface area contributed by atoms with E-state index in [2.05, 4.69) is 20.9 Å². The highest BCUT2D eigenvalue weighted by molar-refractivity contribution is 9.10. The molecule has 38 heavy (non-hydrogen) atoms. The molecule has 0 aliphatic carbocycles. The quantitative estimate of drug-likeness (QED) is 0.235. The maximum atomic E-state index is 13.9. The number of carbonyl (C=O) groups is 1. The summed E-state index contributed by atoms with van der Waals surface area (Å²) in [4.78, 5) is 31.9. The molecule has 0 saturated heterocycles. The van der Waals surface area contributed by atoms with Crippen molar-refractivity contribution < 1.29 is 19.0 Å². The van der Waals surface area contributed by atoms with E-state index in [-0.39, 0.29) is 31.2 Å². The predicted molar refractivity (Wildman–Crippen MR) is 146 cm³/mol. The topological polar surface area (TPSA) is 79.7 Å². The Kier molecular flexibility index (Phi) is 6.39. The van der Waals surface area contributed by atoms with Gasteiger partial charge in [0.2, 0.25) is 6.79 Å². The van der Waals surface area contributed by atoms with Gasteiger partial charge >= 0.3 is 5.97 Å². The standard InChI is InChI=1S/C30H21BrN2O5/c31-22-9-10-23-24(14-22)27(21-6-2-1-3-7-21)28(30(35)36-17-20-5-4-12-32-15-20)33(29(23)34)16-19-8-11-25-26(13-19)38-18-37-25/h1-15H,16-18H2.